The maximum atomic E-state index is 15.2. The molecule has 1 heterocycles. The van der Waals surface area contributed by atoms with E-state index in [1.165, 1.54) is 28.4 Å². The van der Waals surface area contributed by atoms with Crippen molar-refractivity contribution in [3.63, 3.8) is 0 Å². The van der Waals surface area contributed by atoms with E-state index in [1.807, 2.05) is 30.3 Å². The lowest BCUT2D eigenvalue weighted by Crippen LogP contribution is -2.42. The van der Waals surface area contributed by atoms with Crippen LogP contribution in [0.2, 0.25) is 0 Å². The Hall–Kier alpha value is -4.32. The quantitative estimate of drug-likeness (QED) is 0.323. The zero-order valence-electron chi connectivity index (χ0n) is 24.8. The van der Waals surface area contributed by atoms with Crippen LogP contribution in [0.25, 0.3) is 0 Å². The van der Waals surface area contributed by atoms with Crippen molar-refractivity contribution in [3.05, 3.63) is 77.8 Å². The standard InChI is InChI=1S/C31H37F2N5O5/c1-18(2)38(19(3)4)30(40)27-25(12-11-22(32)28(27)33)43-26-15-34-17-35-29(26)36(5)23-13-21(14-24(23)39)37(31(41)42)16-20-9-7-6-8-10-20/h6-12,15,17-19,21,23-24,39H,13-14,16H2,1-5H3,(H,41,42)/t21-,23+,24-/m1/s1. The van der Waals surface area contributed by atoms with E-state index in [4.69, 9.17) is 4.74 Å². The fraction of sp³-hybridized carbons (Fsp3) is 0.419. The first-order valence-corrected chi connectivity index (χ1v) is 14.1. The summed E-state index contributed by atoms with van der Waals surface area (Å²) in [7, 11) is 1.67. The number of rotatable bonds is 10. The maximum absolute atomic E-state index is 15.2. The van der Waals surface area contributed by atoms with E-state index in [9.17, 15) is 24.2 Å². The maximum Gasteiger partial charge on any atom is 0.407 e. The molecule has 1 saturated carbocycles. The molecule has 3 aromatic rings. The molecule has 230 valence electrons. The number of nitrogens with zero attached hydrogens (tertiary/aromatic N) is 5. The van der Waals surface area contributed by atoms with E-state index in [-0.39, 0.29) is 42.4 Å². The Morgan fingerprint density at radius 3 is 2.33 bits per heavy atom. The summed E-state index contributed by atoms with van der Waals surface area (Å²) < 4.78 is 35.5. The highest BCUT2D eigenvalue weighted by molar-refractivity contribution is 5.97. The summed E-state index contributed by atoms with van der Waals surface area (Å²) in [6, 6.07) is 9.64. The molecule has 12 heteroatoms. The lowest BCUT2D eigenvalue weighted by atomic mass is 10.1. The number of aliphatic hydroxyl groups excluding tert-OH is 1. The lowest BCUT2D eigenvalue weighted by molar-refractivity contribution is 0.0634. The van der Waals surface area contributed by atoms with Gasteiger partial charge in [-0.1, -0.05) is 30.3 Å². The minimum Gasteiger partial charge on any atom is -0.465 e. The van der Waals surface area contributed by atoms with Gasteiger partial charge >= 0.3 is 6.09 Å². The summed E-state index contributed by atoms with van der Waals surface area (Å²) in [4.78, 5) is 38.4. The van der Waals surface area contributed by atoms with Gasteiger partial charge < -0.3 is 29.6 Å². The van der Waals surface area contributed by atoms with E-state index >= 15 is 4.39 Å². The predicted octanol–water partition coefficient (Wildman–Crippen LogP) is 5.31. The monoisotopic (exact) mass is 597 g/mol. The highest BCUT2D eigenvalue weighted by Gasteiger charge is 2.41. The molecule has 1 aliphatic carbocycles. The van der Waals surface area contributed by atoms with Crippen molar-refractivity contribution in [2.45, 2.75) is 77.4 Å². The first-order chi connectivity index (χ1) is 20.4. The Morgan fingerprint density at radius 1 is 1.02 bits per heavy atom. The first kappa shape index (κ1) is 31.6. The van der Waals surface area contributed by atoms with Gasteiger partial charge in [0.2, 0.25) is 0 Å². The number of anilines is 1. The SMILES string of the molecule is CC(C)N(C(=O)c1c(Oc2cncnc2N(C)[C@H]2C[C@@H](N(Cc3ccccc3)C(=O)O)C[C@H]2O)ccc(F)c1F)C(C)C. The van der Waals surface area contributed by atoms with Crippen molar-refractivity contribution < 1.29 is 33.3 Å². The molecule has 10 nitrogen and oxygen atoms in total. The Bertz CT molecular complexity index is 1430. The fourth-order valence-corrected chi connectivity index (χ4v) is 5.71. The molecule has 3 atom stereocenters. The minimum absolute atomic E-state index is 0.0423. The zero-order chi connectivity index (χ0) is 31.4. The highest BCUT2D eigenvalue weighted by atomic mass is 19.2. The number of carbonyl (C=O) groups is 2. The molecule has 2 N–H and O–H groups in total. The molecule has 43 heavy (non-hydrogen) atoms. The topological polar surface area (TPSA) is 119 Å². The number of benzene rings is 2. The van der Waals surface area contributed by atoms with Gasteiger partial charge in [-0.05, 0) is 58.2 Å². The number of aliphatic hydroxyl groups is 1. The number of ether oxygens (including phenoxy) is 1. The van der Waals surface area contributed by atoms with Crippen LogP contribution in [0.5, 0.6) is 11.5 Å². The van der Waals surface area contributed by atoms with Gasteiger partial charge in [-0.3, -0.25) is 4.79 Å². The van der Waals surface area contributed by atoms with Crippen LogP contribution in [-0.2, 0) is 6.54 Å². The van der Waals surface area contributed by atoms with E-state index in [0.717, 1.165) is 11.6 Å². The molecule has 0 saturated heterocycles. The number of carbonyl (C=O) groups excluding carboxylic acids is 1. The second kappa shape index (κ2) is 13.3. The summed E-state index contributed by atoms with van der Waals surface area (Å²) in [6.07, 6.45) is 1.11. The summed E-state index contributed by atoms with van der Waals surface area (Å²) in [5, 5.41) is 21.0. The smallest absolute Gasteiger partial charge is 0.407 e. The van der Waals surface area contributed by atoms with Crippen LogP contribution in [0.15, 0.2) is 55.0 Å². The van der Waals surface area contributed by atoms with Gasteiger partial charge in [-0.15, -0.1) is 0 Å². The molecule has 0 radical (unpaired) electrons. The molecule has 0 spiro atoms. The summed E-state index contributed by atoms with van der Waals surface area (Å²) in [5.74, 6) is -3.21. The minimum atomic E-state index is -1.33. The average Bonchev–Trinajstić information content (AvgIpc) is 3.34. The van der Waals surface area contributed by atoms with Crippen LogP contribution in [0.4, 0.5) is 19.4 Å². The third-order valence-corrected chi connectivity index (χ3v) is 7.68. The average molecular weight is 598 g/mol. The number of hydrogen-bond acceptors (Lipinski definition) is 7. The molecular formula is C31H37F2N5O5. The van der Waals surface area contributed by atoms with Crippen molar-refractivity contribution in [1.82, 2.24) is 19.8 Å². The Balaban J connectivity index is 1.62. The second-order valence-corrected chi connectivity index (χ2v) is 11.2. The molecule has 2 aromatic carbocycles. The van der Waals surface area contributed by atoms with Gasteiger partial charge in [-0.2, -0.15) is 0 Å². The number of hydrogen-bond donors (Lipinski definition) is 2. The molecular weight excluding hydrogens is 560 g/mol. The zero-order valence-corrected chi connectivity index (χ0v) is 24.8. The van der Waals surface area contributed by atoms with Crippen LogP contribution >= 0.6 is 0 Å². The van der Waals surface area contributed by atoms with Crippen LogP contribution in [0.3, 0.4) is 0 Å². The van der Waals surface area contributed by atoms with Gasteiger partial charge in [0.25, 0.3) is 5.91 Å². The van der Waals surface area contributed by atoms with E-state index in [0.29, 0.717) is 6.42 Å². The highest BCUT2D eigenvalue weighted by Crippen LogP contribution is 2.37. The van der Waals surface area contributed by atoms with Crippen LogP contribution < -0.4 is 9.64 Å². The van der Waals surface area contributed by atoms with Crippen LogP contribution in [-0.4, -0.2) is 79.3 Å². The number of halogens is 2. The molecule has 0 aliphatic heterocycles. The molecule has 0 unspecified atom stereocenters. The number of aromatic nitrogens is 2. The third-order valence-electron chi connectivity index (χ3n) is 7.68. The summed E-state index contributed by atoms with van der Waals surface area (Å²) in [6.45, 7) is 7.28. The lowest BCUT2D eigenvalue weighted by Gasteiger charge is -2.32. The van der Waals surface area contributed by atoms with Crippen molar-refractivity contribution in [2.75, 3.05) is 11.9 Å². The molecule has 0 bridgehead atoms. The normalized spacial score (nSPS) is 18.1. The van der Waals surface area contributed by atoms with Crippen LogP contribution in [0.1, 0.15) is 56.5 Å². The van der Waals surface area contributed by atoms with Gasteiger partial charge in [0.1, 0.15) is 17.6 Å². The van der Waals surface area contributed by atoms with Crippen molar-refractivity contribution in [2.24, 2.45) is 0 Å². The summed E-state index contributed by atoms with van der Waals surface area (Å²) in [5.41, 5.74) is 0.270. The Labute approximate surface area is 249 Å². The molecule has 1 aromatic heterocycles. The van der Waals surface area contributed by atoms with Gasteiger partial charge in [0, 0.05) is 31.7 Å². The van der Waals surface area contributed by atoms with Crippen molar-refractivity contribution in [1.29, 1.82) is 0 Å². The second-order valence-electron chi connectivity index (χ2n) is 11.2. The van der Waals surface area contributed by atoms with E-state index in [1.54, 1.807) is 39.6 Å². The number of likely N-dealkylation sites (N-methyl/N-ethyl adjacent to an activating group) is 1. The van der Waals surface area contributed by atoms with Gasteiger partial charge in [0.05, 0.1) is 18.3 Å². The van der Waals surface area contributed by atoms with Crippen molar-refractivity contribution >= 4 is 17.8 Å². The molecule has 2 amide bonds. The third kappa shape index (κ3) is 6.85. The Morgan fingerprint density at radius 2 is 1.70 bits per heavy atom. The molecule has 1 fully saturated rings. The van der Waals surface area contributed by atoms with Gasteiger partial charge in [0.15, 0.2) is 23.2 Å². The van der Waals surface area contributed by atoms with E-state index < -0.39 is 47.4 Å². The summed E-state index contributed by atoms with van der Waals surface area (Å²) >= 11 is 0. The predicted molar refractivity (Wildman–Crippen MR) is 156 cm³/mol. The fourth-order valence-electron chi connectivity index (χ4n) is 5.71. The number of amides is 2. The molecule has 4 rings (SSSR count). The van der Waals surface area contributed by atoms with Gasteiger partial charge in [-0.25, -0.2) is 23.5 Å². The molecule has 1 aliphatic rings. The number of carboxylic acid groups (broad SMARTS) is 1. The first-order valence-electron chi connectivity index (χ1n) is 14.1. The van der Waals surface area contributed by atoms with Crippen LogP contribution in [0, 0.1) is 11.6 Å². The van der Waals surface area contributed by atoms with E-state index in [2.05, 4.69) is 9.97 Å². The van der Waals surface area contributed by atoms with Crippen molar-refractivity contribution in [3.8, 4) is 11.5 Å². The Kier molecular flexibility index (Phi) is 9.80. The largest absolute Gasteiger partial charge is 0.465 e.